The Hall–Kier alpha value is -2.28. The summed E-state index contributed by atoms with van der Waals surface area (Å²) < 4.78 is 10.6. The first-order valence-electron chi connectivity index (χ1n) is 8.78. The van der Waals surface area contributed by atoms with Crippen LogP contribution in [0, 0.1) is 0 Å². The molecular formula is C18H25N3O4. The molecule has 2 heterocycles. The van der Waals surface area contributed by atoms with Crippen LogP contribution in [0.3, 0.4) is 0 Å². The average molecular weight is 347 g/mol. The van der Waals surface area contributed by atoms with E-state index in [4.69, 9.17) is 9.47 Å². The summed E-state index contributed by atoms with van der Waals surface area (Å²) in [5.41, 5.74) is 0.677. The molecule has 2 aliphatic rings. The number of carbonyl (C=O) groups excluding carboxylic acids is 2. The molecule has 2 N–H and O–H groups in total. The van der Waals surface area contributed by atoms with Crippen LogP contribution in [-0.2, 0) is 9.53 Å². The van der Waals surface area contributed by atoms with E-state index >= 15 is 0 Å². The zero-order chi connectivity index (χ0) is 17.6. The number of urea groups is 1. The minimum atomic E-state index is -0.417. The summed E-state index contributed by atoms with van der Waals surface area (Å²) in [5, 5.41) is 5.77. The Balaban J connectivity index is 1.53. The number of nitrogens with one attached hydrogen (secondary N) is 2. The zero-order valence-electron chi connectivity index (χ0n) is 14.5. The van der Waals surface area contributed by atoms with E-state index in [-0.39, 0.29) is 18.0 Å². The van der Waals surface area contributed by atoms with Crippen LogP contribution in [0.25, 0.3) is 0 Å². The lowest BCUT2D eigenvalue weighted by Crippen LogP contribution is -2.48. The third kappa shape index (κ3) is 4.42. The standard InChI is InChI=1S/C18H25N3O4/c1-24-14-8-6-13(7-9-14)20-18(23)21-10-2-5-16(21)17(22)19-12-15-4-3-11-25-15/h6-9,15-16H,2-5,10-12H2,1H3,(H,19,22)(H,20,23). The maximum absolute atomic E-state index is 12.5. The molecule has 2 fully saturated rings. The third-order valence-electron chi connectivity index (χ3n) is 4.69. The summed E-state index contributed by atoms with van der Waals surface area (Å²) in [5.74, 6) is 0.628. The van der Waals surface area contributed by atoms with Gasteiger partial charge >= 0.3 is 6.03 Å². The van der Waals surface area contributed by atoms with E-state index in [0.29, 0.717) is 25.2 Å². The Morgan fingerprint density at radius 2 is 2.04 bits per heavy atom. The molecule has 0 bridgehead atoms. The molecule has 0 aliphatic carbocycles. The number of carbonyl (C=O) groups is 2. The first-order valence-corrected chi connectivity index (χ1v) is 8.78. The van der Waals surface area contributed by atoms with Crippen molar-refractivity contribution in [1.82, 2.24) is 10.2 Å². The molecule has 2 aliphatic heterocycles. The van der Waals surface area contributed by atoms with Gasteiger partial charge in [0.1, 0.15) is 11.8 Å². The number of ether oxygens (including phenoxy) is 2. The Labute approximate surface area is 147 Å². The predicted molar refractivity (Wildman–Crippen MR) is 93.7 cm³/mol. The molecule has 1 aromatic carbocycles. The van der Waals surface area contributed by atoms with Gasteiger partial charge in [-0.15, -0.1) is 0 Å². The molecule has 3 rings (SSSR count). The highest BCUT2D eigenvalue weighted by Crippen LogP contribution is 2.21. The van der Waals surface area contributed by atoms with Gasteiger partial charge in [0.05, 0.1) is 13.2 Å². The second-order valence-electron chi connectivity index (χ2n) is 6.39. The van der Waals surface area contributed by atoms with Crippen LogP contribution < -0.4 is 15.4 Å². The molecule has 2 atom stereocenters. The van der Waals surface area contributed by atoms with Gasteiger partial charge < -0.3 is 25.0 Å². The van der Waals surface area contributed by atoms with Gasteiger partial charge in [0, 0.05) is 25.4 Å². The summed E-state index contributed by atoms with van der Waals surface area (Å²) >= 11 is 0. The van der Waals surface area contributed by atoms with E-state index in [9.17, 15) is 9.59 Å². The van der Waals surface area contributed by atoms with Crippen molar-refractivity contribution >= 4 is 17.6 Å². The van der Waals surface area contributed by atoms with Crippen molar-refractivity contribution in [3.63, 3.8) is 0 Å². The van der Waals surface area contributed by atoms with Gasteiger partial charge in [0.25, 0.3) is 0 Å². The monoisotopic (exact) mass is 347 g/mol. The van der Waals surface area contributed by atoms with E-state index in [2.05, 4.69) is 10.6 Å². The van der Waals surface area contributed by atoms with Crippen LogP contribution in [0.2, 0.25) is 0 Å². The Kier molecular flexibility index (Phi) is 5.75. The third-order valence-corrected chi connectivity index (χ3v) is 4.69. The minimum absolute atomic E-state index is 0.0992. The minimum Gasteiger partial charge on any atom is -0.497 e. The van der Waals surface area contributed by atoms with Crippen LogP contribution in [0.15, 0.2) is 24.3 Å². The van der Waals surface area contributed by atoms with Crippen molar-refractivity contribution in [3.05, 3.63) is 24.3 Å². The van der Waals surface area contributed by atoms with E-state index < -0.39 is 6.04 Å². The molecule has 0 spiro atoms. The summed E-state index contributed by atoms with van der Waals surface area (Å²) in [4.78, 5) is 26.6. The molecule has 0 radical (unpaired) electrons. The summed E-state index contributed by atoms with van der Waals surface area (Å²) in [6, 6.07) is 6.45. The average Bonchev–Trinajstić information content (AvgIpc) is 3.32. The highest BCUT2D eigenvalue weighted by atomic mass is 16.5. The SMILES string of the molecule is COc1ccc(NC(=O)N2CCCC2C(=O)NCC2CCCO2)cc1. The Bertz CT molecular complexity index is 599. The first-order chi connectivity index (χ1) is 12.2. The number of methoxy groups -OCH3 is 1. The van der Waals surface area contributed by atoms with Crippen molar-refractivity contribution < 1.29 is 19.1 Å². The molecule has 2 saturated heterocycles. The fourth-order valence-corrected chi connectivity index (χ4v) is 3.29. The van der Waals surface area contributed by atoms with Gasteiger partial charge in [-0.05, 0) is 49.9 Å². The maximum atomic E-state index is 12.5. The summed E-state index contributed by atoms with van der Waals surface area (Å²) in [6.07, 6.45) is 3.64. The number of hydrogen-bond acceptors (Lipinski definition) is 4. The topological polar surface area (TPSA) is 79.9 Å². The van der Waals surface area contributed by atoms with E-state index in [1.807, 2.05) is 0 Å². The van der Waals surface area contributed by atoms with Crippen LogP contribution in [0.1, 0.15) is 25.7 Å². The molecule has 7 heteroatoms. The molecule has 7 nitrogen and oxygen atoms in total. The lowest BCUT2D eigenvalue weighted by molar-refractivity contribution is -0.125. The van der Waals surface area contributed by atoms with Gasteiger partial charge in [-0.3, -0.25) is 4.79 Å². The number of likely N-dealkylation sites (tertiary alicyclic amines) is 1. The van der Waals surface area contributed by atoms with Crippen LogP contribution in [-0.4, -0.2) is 55.8 Å². The summed E-state index contributed by atoms with van der Waals surface area (Å²) in [7, 11) is 1.59. The van der Waals surface area contributed by atoms with Gasteiger partial charge in [0.15, 0.2) is 0 Å². The normalized spacial score (nSPS) is 22.7. The summed E-state index contributed by atoms with van der Waals surface area (Å²) in [6.45, 7) is 1.86. The molecule has 0 aromatic heterocycles. The predicted octanol–water partition coefficient (Wildman–Crippen LogP) is 1.99. The molecule has 3 amide bonds. The van der Waals surface area contributed by atoms with Gasteiger partial charge in [-0.2, -0.15) is 0 Å². The van der Waals surface area contributed by atoms with Crippen molar-refractivity contribution in [2.75, 3.05) is 32.1 Å². The second kappa shape index (κ2) is 8.20. The highest BCUT2D eigenvalue weighted by molar-refractivity contribution is 5.94. The van der Waals surface area contributed by atoms with Crippen molar-refractivity contribution in [2.45, 2.75) is 37.8 Å². The zero-order valence-corrected chi connectivity index (χ0v) is 14.5. The lowest BCUT2D eigenvalue weighted by atomic mass is 10.2. The van der Waals surface area contributed by atoms with Crippen LogP contribution >= 0.6 is 0 Å². The number of rotatable bonds is 5. The molecule has 136 valence electrons. The van der Waals surface area contributed by atoms with Crippen molar-refractivity contribution in [2.24, 2.45) is 0 Å². The van der Waals surface area contributed by atoms with Gasteiger partial charge in [-0.1, -0.05) is 0 Å². The molecular weight excluding hydrogens is 322 g/mol. The number of amides is 3. The maximum Gasteiger partial charge on any atom is 0.322 e. The molecule has 25 heavy (non-hydrogen) atoms. The van der Waals surface area contributed by atoms with Crippen molar-refractivity contribution in [1.29, 1.82) is 0 Å². The fourth-order valence-electron chi connectivity index (χ4n) is 3.29. The van der Waals surface area contributed by atoms with E-state index in [0.717, 1.165) is 31.6 Å². The number of nitrogens with zero attached hydrogens (tertiary/aromatic N) is 1. The fraction of sp³-hybridized carbons (Fsp3) is 0.556. The lowest BCUT2D eigenvalue weighted by Gasteiger charge is -2.24. The van der Waals surface area contributed by atoms with Crippen LogP contribution in [0.5, 0.6) is 5.75 Å². The number of hydrogen-bond donors (Lipinski definition) is 2. The Morgan fingerprint density at radius 1 is 1.24 bits per heavy atom. The number of anilines is 1. The quantitative estimate of drug-likeness (QED) is 0.854. The molecule has 2 unspecified atom stereocenters. The van der Waals surface area contributed by atoms with E-state index in [1.54, 1.807) is 36.3 Å². The first kappa shape index (κ1) is 17.5. The smallest absolute Gasteiger partial charge is 0.322 e. The highest BCUT2D eigenvalue weighted by Gasteiger charge is 2.34. The molecule has 1 aromatic rings. The van der Waals surface area contributed by atoms with Gasteiger partial charge in [0.2, 0.25) is 5.91 Å². The van der Waals surface area contributed by atoms with Crippen LogP contribution in [0.4, 0.5) is 10.5 Å². The molecule has 0 saturated carbocycles. The largest absolute Gasteiger partial charge is 0.497 e. The Morgan fingerprint density at radius 3 is 2.72 bits per heavy atom. The second-order valence-corrected chi connectivity index (χ2v) is 6.39. The van der Waals surface area contributed by atoms with E-state index in [1.165, 1.54) is 0 Å². The van der Waals surface area contributed by atoms with Crippen molar-refractivity contribution in [3.8, 4) is 5.75 Å². The number of benzene rings is 1. The van der Waals surface area contributed by atoms with Gasteiger partial charge in [-0.25, -0.2) is 4.79 Å².